The summed E-state index contributed by atoms with van der Waals surface area (Å²) in [6, 6.07) is 11.2. The zero-order valence-electron chi connectivity index (χ0n) is 14.0. The Bertz CT molecular complexity index is 804. The van der Waals surface area contributed by atoms with Crippen molar-refractivity contribution < 1.29 is 23.7 Å². The molecule has 0 fully saturated rings. The van der Waals surface area contributed by atoms with Crippen LogP contribution in [0.5, 0.6) is 23.0 Å². The topological polar surface area (TPSA) is 57.2 Å². The molecule has 0 bridgehead atoms. The Balaban J connectivity index is 1.68. The second-order valence-corrected chi connectivity index (χ2v) is 5.77. The summed E-state index contributed by atoms with van der Waals surface area (Å²) in [6.07, 6.45) is 0. The Kier molecular flexibility index (Phi) is 4.09. The predicted molar refractivity (Wildman–Crippen MR) is 91.7 cm³/mol. The molecule has 0 radical (unpaired) electrons. The molecule has 25 heavy (non-hydrogen) atoms. The molecule has 0 aliphatic carbocycles. The third-order valence-electron chi connectivity index (χ3n) is 4.17. The van der Waals surface area contributed by atoms with Gasteiger partial charge in [0, 0.05) is 17.3 Å². The van der Waals surface area contributed by atoms with Gasteiger partial charge in [0.2, 0.25) is 0 Å². The molecular weight excluding hydrogens is 322 g/mol. The van der Waals surface area contributed by atoms with Gasteiger partial charge in [-0.1, -0.05) is 12.1 Å². The van der Waals surface area contributed by atoms with E-state index in [0.717, 1.165) is 11.3 Å². The highest BCUT2D eigenvalue weighted by Crippen LogP contribution is 2.38. The van der Waals surface area contributed by atoms with Gasteiger partial charge in [0.1, 0.15) is 13.2 Å². The van der Waals surface area contributed by atoms with Crippen molar-refractivity contribution in [1.29, 1.82) is 0 Å². The van der Waals surface area contributed by atoms with E-state index < -0.39 is 0 Å². The number of carbonyl (C=O) groups excluding carboxylic acids is 1. The molecule has 0 saturated heterocycles. The number of hydrogen-bond donors (Lipinski definition) is 0. The van der Waals surface area contributed by atoms with E-state index in [1.54, 1.807) is 4.90 Å². The molecule has 2 heterocycles. The van der Waals surface area contributed by atoms with Crippen LogP contribution in [0.25, 0.3) is 0 Å². The van der Waals surface area contributed by atoms with Crippen LogP contribution in [0.3, 0.4) is 0 Å². The number of fused-ring (bicyclic) bond motifs is 2. The van der Waals surface area contributed by atoms with Gasteiger partial charge in [-0.2, -0.15) is 0 Å². The van der Waals surface area contributed by atoms with Crippen molar-refractivity contribution in [3.05, 3.63) is 42.0 Å². The molecule has 1 amide bonds. The van der Waals surface area contributed by atoms with Crippen LogP contribution in [0.2, 0.25) is 0 Å². The van der Waals surface area contributed by atoms with Crippen LogP contribution in [0.1, 0.15) is 12.5 Å². The first-order valence-corrected chi connectivity index (χ1v) is 8.34. The maximum atomic E-state index is 12.6. The zero-order valence-corrected chi connectivity index (χ0v) is 14.0. The van der Waals surface area contributed by atoms with Crippen LogP contribution in [0, 0.1) is 0 Å². The van der Waals surface area contributed by atoms with Gasteiger partial charge in [-0.25, -0.2) is 0 Å². The molecule has 2 aromatic carbocycles. The van der Waals surface area contributed by atoms with E-state index in [1.807, 2.05) is 43.3 Å². The fraction of sp³-hybridized carbons (Fsp3) is 0.316. The highest BCUT2D eigenvalue weighted by Gasteiger charge is 2.26. The van der Waals surface area contributed by atoms with E-state index in [1.165, 1.54) is 0 Å². The smallest absolute Gasteiger partial charge is 0.265 e. The van der Waals surface area contributed by atoms with E-state index in [-0.39, 0.29) is 12.5 Å². The molecule has 2 aliphatic rings. The van der Waals surface area contributed by atoms with Gasteiger partial charge in [-0.3, -0.25) is 4.79 Å². The van der Waals surface area contributed by atoms with Gasteiger partial charge < -0.3 is 23.8 Å². The second kappa shape index (κ2) is 6.55. The third kappa shape index (κ3) is 2.95. The molecule has 4 rings (SSSR count). The summed E-state index contributed by atoms with van der Waals surface area (Å²) in [4.78, 5) is 14.3. The normalized spacial score (nSPS) is 15.9. The molecule has 0 aromatic heterocycles. The lowest BCUT2D eigenvalue weighted by Crippen LogP contribution is -2.32. The molecular formula is C19H19NO5. The first-order valence-electron chi connectivity index (χ1n) is 8.34. The fourth-order valence-electron chi connectivity index (χ4n) is 3.02. The highest BCUT2D eigenvalue weighted by atomic mass is 16.6. The van der Waals surface area contributed by atoms with Crippen LogP contribution in [0.4, 0.5) is 5.69 Å². The zero-order chi connectivity index (χ0) is 17.2. The summed E-state index contributed by atoms with van der Waals surface area (Å²) in [5, 5.41) is 0. The van der Waals surface area contributed by atoms with Crippen molar-refractivity contribution >= 4 is 11.6 Å². The number of anilines is 1. The largest absolute Gasteiger partial charge is 0.490 e. The van der Waals surface area contributed by atoms with Crippen molar-refractivity contribution in [3.63, 3.8) is 0 Å². The van der Waals surface area contributed by atoms with Crippen LogP contribution in [-0.2, 0) is 11.3 Å². The van der Waals surface area contributed by atoms with Gasteiger partial charge in [0.15, 0.2) is 29.6 Å². The number of benzene rings is 2. The number of hydrogen-bond acceptors (Lipinski definition) is 5. The first-order chi connectivity index (χ1) is 12.3. The van der Waals surface area contributed by atoms with E-state index in [2.05, 4.69) is 0 Å². The molecule has 6 heteroatoms. The Morgan fingerprint density at radius 2 is 1.92 bits per heavy atom. The molecule has 2 aromatic rings. The molecule has 0 atom stereocenters. The van der Waals surface area contributed by atoms with Crippen molar-refractivity contribution in [1.82, 2.24) is 0 Å². The molecule has 0 saturated carbocycles. The minimum absolute atomic E-state index is 0.0362. The van der Waals surface area contributed by atoms with Gasteiger partial charge in [0.25, 0.3) is 5.91 Å². The van der Waals surface area contributed by atoms with Crippen LogP contribution < -0.4 is 23.8 Å². The molecule has 0 N–H and O–H groups in total. The molecule has 2 aliphatic heterocycles. The summed E-state index contributed by atoms with van der Waals surface area (Å²) in [6.45, 7) is 3.88. The minimum Gasteiger partial charge on any atom is -0.490 e. The maximum Gasteiger partial charge on any atom is 0.265 e. The average molecular weight is 341 g/mol. The van der Waals surface area contributed by atoms with Gasteiger partial charge in [0.05, 0.1) is 13.2 Å². The van der Waals surface area contributed by atoms with Gasteiger partial charge in [-0.05, 0) is 25.1 Å². The van der Waals surface area contributed by atoms with E-state index in [4.69, 9.17) is 18.9 Å². The first kappa shape index (κ1) is 15.6. The lowest BCUT2D eigenvalue weighted by Gasteiger charge is -2.24. The summed E-state index contributed by atoms with van der Waals surface area (Å²) < 4.78 is 22.5. The SMILES string of the molecule is CCOc1cccc2c1OCC(=O)N(c1ccc3c(c1)OCCO3)C2. The summed E-state index contributed by atoms with van der Waals surface area (Å²) in [7, 11) is 0. The average Bonchev–Trinajstić information content (AvgIpc) is 2.81. The fourth-order valence-corrected chi connectivity index (χ4v) is 3.02. The molecule has 0 spiro atoms. The highest BCUT2D eigenvalue weighted by molar-refractivity contribution is 5.95. The third-order valence-corrected chi connectivity index (χ3v) is 4.17. The molecule has 6 nitrogen and oxygen atoms in total. The van der Waals surface area contributed by atoms with E-state index >= 15 is 0 Å². The second-order valence-electron chi connectivity index (χ2n) is 5.77. The van der Waals surface area contributed by atoms with Crippen molar-refractivity contribution in [3.8, 4) is 23.0 Å². The molecule has 0 unspecified atom stereocenters. The van der Waals surface area contributed by atoms with Crippen molar-refractivity contribution in [2.75, 3.05) is 31.3 Å². The Hall–Kier alpha value is -2.89. The van der Waals surface area contributed by atoms with Gasteiger partial charge in [-0.15, -0.1) is 0 Å². The summed E-state index contributed by atoms with van der Waals surface area (Å²) in [5.41, 5.74) is 1.67. The van der Waals surface area contributed by atoms with Crippen LogP contribution in [-0.4, -0.2) is 32.3 Å². The summed E-state index contributed by atoms with van der Waals surface area (Å²) >= 11 is 0. The van der Waals surface area contributed by atoms with E-state index in [9.17, 15) is 4.79 Å². The predicted octanol–water partition coefficient (Wildman–Crippen LogP) is 2.78. The minimum atomic E-state index is -0.115. The number of nitrogens with zero attached hydrogens (tertiary/aromatic N) is 1. The number of para-hydroxylation sites is 1. The quantitative estimate of drug-likeness (QED) is 0.859. The van der Waals surface area contributed by atoms with E-state index in [0.29, 0.717) is 49.4 Å². The number of ether oxygens (including phenoxy) is 4. The van der Waals surface area contributed by atoms with Crippen LogP contribution >= 0.6 is 0 Å². The number of amides is 1. The number of rotatable bonds is 3. The summed E-state index contributed by atoms with van der Waals surface area (Å²) in [5.74, 6) is 2.54. The molecule has 130 valence electrons. The Morgan fingerprint density at radius 1 is 1.08 bits per heavy atom. The van der Waals surface area contributed by atoms with Crippen molar-refractivity contribution in [2.24, 2.45) is 0 Å². The van der Waals surface area contributed by atoms with Crippen LogP contribution in [0.15, 0.2) is 36.4 Å². The number of carbonyl (C=O) groups is 1. The Morgan fingerprint density at radius 3 is 2.76 bits per heavy atom. The monoisotopic (exact) mass is 341 g/mol. The standard InChI is InChI=1S/C19H19NO5/c1-2-22-16-5-3-4-13-11-20(18(21)12-25-19(13)16)14-6-7-15-17(10-14)24-9-8-23-15/h3-7,10H,2,8-9,11-12H2,1H3. The lowest BCUT2D eigenvalue weighted by molar-refractivity contribution is -0.120. The maximum absolute atomic E-state index is 12.6. The van der Waals surface area contributed by atoms with Crippen molar-refractivity contribution in [2.45, 2.75) is 13.5 Å². The van der Waals surface area contributed by atoms with Gasteiger partial charge >= 0.3 is 0 Å². The Labute approximate surface area is 145 Å². The lowest BCUT2D eigenvalue weighted by atomic mass is 10.1.